The second-order valence-electron chi connectivity index (χ2n) is 5.21. The van der Waals surface area contributed by atoms with Crippen molar-refractivity contribution in [3.05, 3.63) is 58.1 Å². The van der Waals surface area contributed by atoms with Gasteiger partial charge < -0.3 is 15.3 Å². The Hall–Kier alpha value is -3.68. The van der Waals surface area contributed by atoms with E-state index in [1.807, 2.05) is 0 Å². The topological polar surface area (TPSA) is 126 Å². The van der Waals surface area contributed by atoms with E-state index < -0.39 is 18.1 Å². The first kappa shape index (κ1) is 16.2. The number of phenolic OH excluding ortho intramolecular Hbond substituents is 2. The molecular formula is C17H13N3O5. The van der Waals surface area contributed by atoms with E-state index in [0.717, 1.165) is 4.57 Å². The van der Waals surface area contributed by atoms with Gasteiger partial charge in [0.05, 0.1) is 0 Å². The van der Waals surface area contributed by atoms with Gasteiger partial charge in [-0.15, -0.1) is 0 Å². The summed E-state index contributed by atoms with van der Waals surface area (Å²) in [6, 6.07) is 7.45. The van der Waals surface area contributed by atoms with Crippen LogP contribution in [0.25, 0.3) is 23.3 Å². The van der Waals surface area contributed by atoms with Crippen LogP contribution in [0, 0.1) is 0 Å². The van der Waals surface area contributed by atoms with Gasteiger partial charge in [0.1, 0.15) is 17.8 Å². The zero-order valence-electron chi connectivity index (χ0n) is 12.8. The summed E-state index contributed by atoms with van der Waals surface area (Å²) in [7, 11) is 0. The van der Waals surface area contributed by atoms with Crippen molar-refractivity contribution >= 4 is 29.3 Å². The van der Waals surface area contributed by atoms with Crippen LogP contribution in [-0.4, -0.2) is 35.8 Å². The van der Waals surface area contributed by atoms with E-state index in [9.17, 15) is 19.8 Å². The maximum Gasteiger partial charge on any atom is 0.323 e. The summed E-state index contributed by atoms with van der Waals surface area (Å²) in [5.74, 6) is -1.71. The van der Waals surface area contributed by atoms with Crippen molar-refractivity contribution in [1.29, 1.82) is 0 Å². The quantitative estimate of drug-likeness (QED) is 0.614. The van der Waals surface area contributed by atoms with Gasteiger partial charge in [-0.1, -0.05) is 12.1 Å². The average molecular weight is 339 g/mol. The molecule has 8 nitrogen and oxygen atoms in total. The molecule has 126 valence electrons. The van der Waals surface area contributed by atoms with Gasteiger partial charge in [0.25, 0.3) is 5.56 Å². The van der Waals surface area contributed by atoms with E-state index in [-0.39, 0.29) is 22.8 Å². The summed E-state index contributed by atoms with van der Waals surface area (Å²) >= 11 is 0. The van der Waals surface area contributed by atoms with Crippen molar-refractivity contribution in [1.82, 2.24) is 14.5 Å². The van der Waals surface area contributed by atoms with Crippen LogP contribution in [0.1, 0.15) is 11.3 Å². The first-order valence-electron chi connectivity index (χ1n) is 7.23. The minimum Gasteiger partial charge on any atom is -0.504 e. The normalized spacial score (nSPS) is 11.2. The van der Waals surface area contributed by atoms with Gasteiger partial charge in [-0.2, -0.15) is 0 Å². The number of aromatic hydroxyl groups is 2. The summed E-state index contributed by atoms with van der Waals surface area (Å²) in [5, 5.41) is 27.8. The Kier molecular flexibility index (Phi) is 4.17. The number of carboxylic acid groups (broad SMARTS) is 1. The number of pyridine rings is 1. The van der Waals surface area contributed by atoms with E-state index in [1.54, 1.807) is 18.2 Å². The van der Waals surface area contributed by atoms with E-state index >= 15 is 0 Å². The molecule has 0 saturated heterocycles. The van der Waals surface area contributed by atoms with Gasteiger partial charge in [-0.25, -0.2) is 9.97 Å². The highest BCUT2D eigenvalue weighted by Crippen LogP contribution is 2.25. The largest absolute Gasteiger partial charge is 0.504 e. The molecule has 0 bridgehead atoms. The van der Waals surface area contributed by atoms with Gasteiger partial charge >= 0.3 is 5.97 Å². The van der Waals surface area contributed by atoms with Crippen molar-refractivity contribution in [3.8, 4) is 11.5 Å². The molecule has 0 amide bonds. The lowest BCUT2D eigenvalue weighted by Gasteiger charge is -2.07. The van der Waals surface area contributed by atoms with Gasteiger partial charge in [0.15, 0.2) is 17.1 Å². The SMILES string of the molecule is O=C(O)Cn1c(=O)c(/C=C/c2ccc(O)c(O)c2)nc2cccnc21. The van der Waals surface area contributed by atoms with Gasteiger partial charge in [-0.3, -0.25) is 14.2 Å². The molecule has 0 saturated carbocycles. The summed E-state index contributed by atoms with van der Waals surface area (Å²) in [6.45, 7) is -0.532. The zero-order valence-corrected chi connectivity index (χ0v) is 12.8. The van der Waals surface area contributed by atoms with Crippen molar-refractivity contribution < 1.29 is 20.1 Å². The van der Waals surface area contributed by atoms with Gasteiger partial charge in [-0.05, 0) is 35.9 Å². The number of aromatic nitrogens is 3. The predicted molar refractivity (Wildman–Crippen MR) is 90.1 cm³/mol. The van der Waals surface area contributed by atoms with Crippen molar-refractivity contribution in [2.45, 2.75) is 6.54 Å². The molecule has 0 atom stereocenters. The van der Waals surface area contributed by atoms with E-state index in [0.29, 0.717) is 11.1 Å². The standard InChI is InChI=1S/C17H13N3O5/c21-13-6-4-10(8-14(13)22)3-5-12-17(25)20(9-15(23)24)16-11(19-12)2-1-7-18-16/h1-8,21-22H,9H2,(H,23,24)/b5-3+. The second-order valence-corrected chi connectivity index (χ2v) is 5.21. The molecule has 0 aliphatic rings. The molecule has 0 radical (unpaired) electrons. The fourth-order valence-corrected chi connectivity index (χ4v) is 2.31. The molecule has 2 heterocycles. The Balaban J connectivity index is 2.11. The summed E-state index contributed by atoms with van der Waals surface area (Å²) in [4.78, 5) is 31.8. The Morgan fingerprint density at radius 2 is 1.96 bits per heavy atom. The molecule has 0 aliphatic carbocycles. The molecule has 0 unspecified atom stereocenters. The summed E-state index contributed by atoms with van der Waals surface area (Å²) in [5.41, 5.74) is 0.556. The summed E-state index contributed by atoms with van der Waals surface area (Å²) in [6.07, 6.45) is 4.39. The highest BCUT2D eigenvalue weighted by molar-refractivity contribution is 5.76. The molecule has 3 rings (SSSR count). The third kappa shape index (κ3) is 3.32. The molecular weight excluding hydrogens is 326 g/mol. The molecule has 3 aromatic rings. The number of fused-ring (bicyclic) bond motifs is 1. The summed E-state index contributed by atoms with van der Waals surface area (Å²) < 4.78 is 1.04. The van der Waals surface area contributed by atoms with E-state index in [2.05, 4.69) is 9.97 Å². The molecule has 0 spiro atoms. The number of hydrogen-bond acceptors (Lipinski definition) is 6. The fourth-order valence-electron chi connectivity index (χ4n) is 2.31. The van der Waals surface area contributed by atoms with E-state index in [1.165, 1.54) is 30.5 Å². The van der Waals surface area contributed by atoms with E-state index in [4.69, 9.17) is 5.11 Å². The highest BCUT2D eigenvalue weighted by atomic mass is 16.4. The van der Waals surface area contributed by atoms with Crippen LogP contribution in [-0.2, 0) is 11.3 Å². The van der Waals surface area contributed by atoms with Gasteiger partial charge in [0.2, 0.25) is 0 Å². The first-order chi connectivity index (χ1) is 12.0. The number of carbonyl (C=O) groups is 1. The number of carboxylic acids is 1. The Morgan fingerprint density at radius 3 is 2.68 bits per heavy atom. The third-order valence-corrected chi connectivity index (χ3v) is 3.45. The zero-order chi connectivity index (χ0) is 18.0. The van der Waals surface area contributed by atoms with Crippen molar-refractivity contribution in [2.24, 2.45) is 0 Å². The maximum atomic E-state index is 12.5. The van der Waals surface area contributed by atoms with Crippen LogP contribution in [0.2, 0.25) is 0 Å². The number of nitrogens with zero attached hydrogens (tertiary/aromatic N) is 3. The van der Waals surface area contributed by atoms with Crippen LogP contribution in [0.5, 0.6) is 11.5 Å². The Morgan fingerprint density at radius 1 is 1.16 bits per heavy atom. The average Bonchev–Trinajstić information content (AvgIpc) is 2.58. The molecule has 0 aliphatic heterocycles. The minimum atomic E-state index is -1.17. The Bertz CT molecular complexity index is 1060. The molecule has 25 heavy (non-hydrogen) atoms. The number of phenols is 2. The predicted octanol–water partition coefficient (Wildman–Crippen LogP) is 1.46. The van der Waals surface area contributed by atoms with Crippen LogP contribution < -0.4 is 5.56 Å². The smallest absolute Gasteiger partial charge is 0.323 e. The highest BCUT2D eigenvalue weighted by Gasteiger charge is 2.12. The molecule has 0 fully saturated rings. The molecule has 8 heteroatoms. The lowest BCUT2D eigenvalue weighted by molar-refractivity contribution is -0.137. The number of rotatable bonds is 4. The first-order valence-corrected chi connectivity index (χ1v) is 7.23. The fraction of sp³-hybridized carbons (Fsp3) is 0.0588. The number of aliphatic carboxylic acids is 1. The molecule has 3 N–H and O–H groups in total. The van der Waals surface area contributed by atoms with Crippen LogP contribution in [0.3, 0.4) is 0 Å². The number of hydrogen-bond donors (Lipinski definition) is 3. The Labute approximate surface area is 141 Å². The number of benzene rings is 1. The van der Waals surface area contributed by atoms with Crippen LogP contribution in [0.15, 0.2) is 41.3 Å². The maximum absolute atomic E-state index is 12.5. The van der Waals surface area contributed by atoms with Crippen LogP contribution in [0.4, 0.5) is 0 Å². The lowest BCUT2D eigenvalue weighted by Crippen LogP contribution is -2.27. The minimum absolute atomic E-state index is 0.0364. The molecule has 2 aromatic heterocycles. The van der Waals surface area contributed by atoms with Crippen LogP contribution >= 0.6 is 0 Å². The molecule has 1 aromatic carbocycles. The van der Waals surface area contributed by atoms with Gasteiger partial charge in [0, 0.05) is 6.20 Å². The second kappa shape index (κ2) is 6.44. The van der Waals surface area contributed by atoms with Crippen molar-refractivity contribution in [2.75, 3.05) is 0 Å². The monoisotopic (exact) mass is 339 g/mol. The van der Waals surface area contributed by atoms with Crippen molar-refractivity contribution in [3.63, 3.8) is 0 Å². The lowest BCUT2D eigenvalue weighted by atomic mass is 10.2. The third-order valence-electron chi connectivity index (χ3n) is 3.45.